The summed E-state index contributed by atoms with van der Waals surface area (Å²) < 4.78 is 5.18. The van der Waals surface area contributed by atoms with Crippen LogP contribution in [0.2, 0.25) is 0 Å². The highest BCUT2D eigenvalue weighted by Crippen LogP contribution is 2.19. The molecule has 1 N–H and O–H groups in total. The summed E-state index contributed by atoms with van der Waals surface area (Å²) in [5.41, 5.74) is 0.495. The fourth-order valence-electron chi connectivity index (χ4n) is 3.72. The molecule has 4 nitrogen and oxygen atoms in total. The predicted octanol–water partition coefficient (Wildman–Crippen LogP) is 7.62. The lowest BCUT2D eigenvalue weighted by atomic mass is 10.0. The van der Waals surface area contributed by atoms with Gasteiger partial charge in [-0.25, -0.2) is 4.79 Å². The van der Waals surface area contributed by atoms with Gasteiger partial charge in [-0.3, -0.25) is 4.79 Å². The molecule has 0 aliphatic rings. The maximum absolute atomic E-state index is 12.0. The molecular formula is C26H42O4. The fourth-order valence-corrected chi connectivity index (χ4v) is 3.72. The second kappa shape index (κ2) is 18.0. The molecule has 0 saturated carbocycles. The first-order valence-electron chi connectivity index (χ1n) is 12.1. The molecule has 0 aliphatic heterocycles. The third-order valence-electron chi connectivity index (χ3n) is 5.56. The summed E-state index contributed by atoms with van der Waals surface area (Å²) in [6.07, 6.45) is 18.2. The molecule has 1 aromatic rings. The van der Waals surface area contributed by atoms with E-state index in [4.69, 9.17) is 4.74 Å². The van der Waals surface area contributed by atoms with E-state index in [1.54, 1.807) is 30.3 Å². The summed E-state index contributed by atoms with van der Waals surface area (Å²) in [6, 6.07) is 8.63. The highest BCUT2D eigenvalue weighted by atomic mass is 16.6. The minimum Gasteiger partial charge on any atom is -0.478 e. The van der Waals surface area contributed by atoms with E-state index in [-0.39, 0.29) is 6.42 Å². The van der Waals surface area contributed by atoms with Gasteiger partial charge in [0.15, 0.2) is 0 Å². The van der Waals surface area contributed by atoms with Crippen molar-refractivity contribution in [1.29, 1.82) is 0 Å². The Morgan fingerprint density at radius 2 is 1.17 bits per heavy atom. The Morgan fingerprint density at radius 1 is 0.733 bits per heavy atom. The van der Waals surface area contributed by atoms with E-state index in [0.29, 0.717) is 5.56 Å². The van der Waals surface area contributed by atoms with E-state index in [2.05, 4.69) is 6.92 Å². The molecule has 0 spiro atoms. The van der Waals surface area contributed by atoms with Gasteiger partial charge in [0.2, 0.25) is 6.10 Å². The van der Waals surface area contributed by atoms with E-state index in [1.165, 1.54) is 77.0 Å². The molecule has 0 aliphatic carbocycles. The maximum atomic E-state index is 12.0. The SMILES string of the molecule is CCCCCCCCCCCCCCCCCC(=O)O[C@H](C(=O)O)c1ccccc1. The number of esters is 1. The van der Waals surface area contributed by atoms with Gasteiger partial charge in [0.05, 0.1) is 0 Å². The highest BCUT2D eigenvalue weighted by molar-refractivity contribution is 5.79. The monoisotopic (exact) mass is 418 g/mol. The molecule has 0 heterocycles. The van der Waals surface area contributed by atoms with Gasteiger partial charge < -0.3 is 9.84 Å². The molecule has 1 atom stereocenters. The molecule has 0 fully saturated rings. The summed E-state index contributed by atoms with van der Waals surface area (Å²) in [6.45, 7) is 2.26. The molecule has 4 heteroatoms. The van der Waals surface area contributed by atoms with Crippen molar-refractivity contribution in [3.8, 4) is 0 Å². The Kier molecular flexibility index (Phi) is 15.7. The molecule has 0 aromatic heterocycles. The molecule has 0 unspecified atom stereocenters. The molecule has 170 valence electrons. The molecule has 0 radical (unpaired) electrons. The maximum Gasteiger partial charge on any atom is 0.349 e. The van der Waals surface area contributed by atoms with Crippen LogP contribution in [0.4, 0.5) is 0 Å². The third kappa shape index (κ3) is 13.4. The average Bonchev–Trinajstić information content (AvgIpc) is 2.75. The summed E-state index contributed by atoms with van der Waals surface area (Å²) in [5, 5.41) is 9.30. The molecule has 30 heavy (non-hydrogen) atoms. The van der Waals surface area contributed by atoms with Crippen LogP contribution >= 0.6 is 0 Å². The minimum atomic E-state index is -1.21. The van der Waals surface area contributed by atoms with Crippen molar-refractivity contribution >= 4 is 11.9 Å². The standard InChI is InChI=1S/C26H42O4/c1-2-3-4-5-6-7-8-9-10-11-12-13-14-15-19-22-24(27)30-25(26(28)29)23-20-17-16-18-21-23/h16-18,20-21,25H,2-15,19,22H2,1H3,(H,28,29)/t25-/m0/s1. The first kappa shape index (κ1) is 26.2. The van der Waals surface area contributed by atoms with Gasteiger partial charge in [0, 0.05) is 12.0 Å². The summed E-state index contributed by atoms with van der Waals surface area (Å²) in [5.74, 6) is -1.56. The average molecular weight is 419 g/mol. The Hall–Kier alpha value is -1.84. The van der Waals surface area contributed by atoms with Crippen molar-refractivity contribution in [2.45, 2.75) is 116 Å². The van der Waals surface area contributed by atoms with Crippen molar-refractivity contribution in [3.05, 3.63) is 35.9 Å². The van der Waals surface area contributed by atoms with Gasteiger partial charge in [-0.05, 0) is 6.42 Å². The van der Waals surface area contributed by atoms with Crippen LogP contribution in [0.15, 0.2) is 30.3 Å². The summed E-state index contributed by atoms with van der Waals surface area (Å²) in [7, 11) is 0. The number of carboxylic acids is 1. The number of unbranched alkanes of at least 4 members (excludes halogenated alkanes) is 14. The molecule has 0 amide bonds. The predicted molar refractivity (Wildman–Crippen MR) is 122 cm³/mol. The quantitative estimate of drug-likeness (QED) is 0.185. The van der Waals surface area contributed by atoms with Gasteiger partial charge in [-0.2, -0.15) is 0 Å². The lowest BCUT2D eigenvalue weighted by Gasteiger charge is -2.14. The first-order valence-corrected chi connectivity index (χ1v) is 12.1. The van der Waals surface area contributed by atoms with E-state index in [9.17, 15) is 14.7 Å². The van der Waals surface area contributed by atoms with Crippen LogP contribution in [0, 0.1) is 0 Å². The second-order valence-electron chi connectivity index (χ2n) is 8.32. The van der Waals surface area contributed by atoms with Crippen LogP contribution < -0.4 is 0 Å². The number of carbonyl (C=O) groups is 2. The number of rotatable bonds is 19. The topological polar surface area (TPSA) is 63.6 Å². The zero-order valence-electron chi connectivity index (χ0n) is 18.9. The van der Waals surface area contributed by atoms with Crippen molar-refractivity contribution in [2.75, 3.05) is 0 Å². The normalized spacial score (nSPS) is 11.9. The van der Waals surface area contributed by atoms with E-state index in [1.807, 2.05) is 0 Å². The lowest BCUT2D eigenvalue weighted by Crippen LogP contribution is -2.19. The van der Waals surface area contributed by atoms with Gasteiger partial charge in [0.25, 0.3) is 0 Å². The zero-order valence-corrected chi connectivity index (χ0v) is 18.9. The Balaban J connectivity index is 1.95. The van der Waals surface area contributed by atoms with Crippen LogP contribution in [-0.4, -0.2) is 17.0 Å². The highest BCUT2D eigenvalue weighted by Gasteiger charge is 2.23. The third-order valence-corrected chi connectivity index (χ3v) is 5.56. The van der Waals surface area contributed by atoms with Crippen LogP contribution in [0.5, 0.6) is 0 Å². The molecule has 1 rings (SSSR count). The Labute approximate surface area is 183 Å². The van der Waals surface area contributed by atoms with Crippen LogP contribution in [0.1, 0.15) is 121 Å². The van der Waals surface area contributed by atoms with E-state index >= 15 is 0 Å². The largest absolute Gasteiger partial charge is 0.478 e. The Bertz CT molecular complexity index is 555. The number of carboxylic acid groups (broad SMARTS) is 1. The Morgan fingerprint density at radius 3 is 1.60 bits per heavy atom. The number of hydrogen-bond donors (Lipinski definition) is 1. The van der Waals surface area contributed by atoms with Crippen LogP contribution in [-0.2, 0) is 14.3 Å². The van der Waals surface area contributed by atoms with Crippen molar-refractivity contribution < 1.29 is 19.4 Å². The second-order valence-corrected chi connectivity index (χ2v) is 8.32. The molecular weight excluding hydrogens is 376 g/mol. The van der Waals surface area contributed by atoms with Gasteiger partial charge in [0.1, 0.15) is 0 Å². The number of hydrogen-bond acceptors (Lipinski definition) is 3. The molecule has 1 aromatic carbocycles. The first-order chi connectivity index (χ1) is 14.6. The molecule has 0 saturated heterocycles. The van der Waals surface area contributed by atoms with E-state index < -0.39 is 18.0 Å². The van der Waals surface area contributed by atoms with Gasteiger partial charge >= 0.3 is 11.9 Å². The van der Waals surface area contributed by atoms with Crippen molar-refractivity contribution in [2.24, 2.45) is 0 Å². The smallest absolute Gasteiger partial charge is 0.349 e. The van der Waals surface area contributed by atoms with Gasteiger partial charge in [-0.15, -0.1) is 0 Å². The zero-order chi connectivity index (χ0) is 21.9. The number of aliphatic carboxylic acids is 1. The lowest BCUT2D eigenvalue weighted by molar-refractivity contribution is -0.164. The van der Waals surface area contributed by atoms with Gasteiger partial charge in [-0.1, -0.05) is 127 Å². The van der Waals surface area contributed by atoms with E-state index in [0.717, 1.165) is 19.3 Å². The summed E-state index contributed by atoms with van der Waals surface area (Å²) >= 11 is 0. The fraction of sp³-hybridized carbons (Fsp3) is 0.692. The minimum absolute atomic E-state index is 0.287. The summed E-state index contributed by atoms with van der Waals surface area (Å²) in [4.78, 5) is 23.4. The van der Waals surface area contributed by atoms with Crippen molar-refractivity contribution in [1.82, 2.24) is 0 Å². The van der Waals surface area contributed by atoms with Crippen LogP contribution in [0.25, 0.3) is 0 Å². The number of benzene rings is 1. The number of ether oxygens (including phenoxy) is 1. The van der Waals surface area contributed by atoms with Crippen molar-refractivity contribution in [3.63, 3.8) is 0 Å². The number of carbonyl (C=O) groups excluding carboxylic acids is 1. The van der Waals surface area contributed by atoms with Crippen LogP contribution in [0.3, 0.4) is 0 Å². The molecule has 0 bridgehead atoms.